The number of nitrogens with two attached hydrogens (primary N) is 2. The molecule has 63 heavy (non-hydrogen) atoms. The molecule has 1 amide bonds. The largest absolute Gasteiger partial charge is 0.464 e. The van der Waals surface area contributed by atoms with Crippen LogP contribution in [0.1, 0.15) is 123 Å². The number of allylic oxidation sites excluding steroid dienone is 4. The Bertz CT molecular complexity index is 2600. The van der Waals surface area contributed by atoms with Crippen LogP contribution in [-0.4, -0.2) is 94.2 Å². The first-order valence-electron chi connectivity index (χ1n) is 23.6. The van der Waals surface area contributed by atoms with E-state index < -0.39 is 0 Å². The minimum absolute atomic E-state index is 0.0593. The Morgan fingerprint density at radius 3 is 1.57 bits per heavy atom. The minimum atomic E-state index is 0.0593. The van der Waals surface area contributed by atoms with Gasteiger partial charge in [-0.25, -0.2) is 15.0 Å². The summed E-state index contributed by atoms with van der Waals surface area (Å²) in [5.74, 6) is 0.365. The van der Waals surface area contributed by atoms with Crippen molar-refractivity contribution >= 4 is 67.2 Å². The van der Waals surface area contributed by atoms with Crippen molar-refractivity contribution in [1.82, 2.24) is 30.2 Å². The minimum Gasteiger partial charge on any atom is -0.464 e. The number of aliphatic hydroxyl groups excluding tert-OH is 1. The molecule has 338 valence electrons. The van der Waals surface area contributed by atoms with E-state index in [1.165, 1.54) is 27.8 Å². The molecular formula is C50H76N11O2+5. The SMILES string of the molecule is CCC1=C(C)c2nc1cc1[nH]c(cc3[nH]c(cc4[nH]c(cc5nc2C(C)=C5CC)c(C)c4CCC(O)=[NH+]CC[NH2+]CC[NH3+])c(CC)c3CC)c(CCC(=O)NCC[NH2+]CC[NH3+])c1C. The Kier molecular flexibility index (Phi) is 16.3. The Hall–Kier alpha value is -5.34. The number of rotatable bonds is 20. The highest BCUT2D eigenvalue weighted by molar-refractivity contribution is 6.00. The van der Waals surface area contributed by atoms with Crippen LogP contribution in [0.15, 0.2) is 24.3 Å². The van der Waals surface area contributed by atoms with Crippen LogP contribution in [-0.2, 0) is 30.5 Å². The number of aliphatic hydroxyl groups is 1. The fourth-order valence-corrected chi connectivity index (χ4v) is 9.45. The first-order valence-corrected chi connectivity index (χ1v) is 23.6. The molecule has 0 spiro atoms. The maximum atomic E-state index is 13.2. The lowest BCUT2D eigenvalue weighted by Gasteiger charge is -2.05. The summed E-state index contributed by atoms with van der Waals surface area (Å²) in [6.07, 6.45) is 5.58. The highest BCUT2D eigenvalue weighted by Gasteiger charge is 2.25. The zero-order valence-electron chi connectivity index (χ0n) is 39.4. The predicted octanol–water partition coefficient (Wildman–Crippen LogP) is 2.41. The highest BCUT2D eigenvalue weighted by atomic mass is 16.3. The standard InChI is InChI=1S/C50H71N11O2/c1-9-33-31(7)49-50-32(8)34(10-2)42(61-50)26-40-30(6)38(14-16-48(63)56-24-22-54-20-18-52)46(58-40)28-44-36(12-4)35(11-3)43(59-44)27-45-37(29(5)39(57-45)25-41(33)60-49)13-15-47(62)55-23-21-53-19-17-51/h25-28,53-54,57-59H,9-24,51-52H2,1-8H3,(H,55,62)(H,56,63)/p+5. The second-order valence-corrected chi connectivity index (χ2v) is 17.1. The number of fused-ring (bicyclic) bond motifs is 11. The second kappa shape index (κ2) is 21.8. The molecular weight excluding hydrogens is 787 g/mol. The molecule has 6 rings (SSSR count). The topological polar surface area (TPSA) is 225 Å². The van der Waals surface area contributed by atoms with Gasteiger partial charge in [-0.2, -0.15) is 0 Å². The van der Waals surface area contributed by atoms with Gasteiger partial charge in [0.05, 0.1) is 42.3 Å². The molecule has 13 heteroatoms. The van der Waals surface area contributed by atoms with E-state index in [4.69, 9.17) is 9.97 Å². The summed E-state index contributed by atoms with van der Waals surface area (Å²) in [7, 11) is 0. The maximum Gasteiger partial charge on any atom is 0.332 e. The van der Waals surface area contributed by atoms with Crippen molar-refractivity contribution in [3.63, 3.8) is 0 Å². The van der Waals surface area contributed by atoms with E-state index in [9.17, 15) is 9.90 Å². The lowest BCUT2D eigenvalue weighted by molar-refractivity contribution is -0.689. The van der Waals surface area contributed by atoms with E-state index in [1.807, 2.05) is 0 Å². The molecule has 6 heterocycles. The molecule has 4 aromatic heterocycles. The van der Waals surface area contributed by atoms with Gasteiger partial charge < -0.3 is 47.5 Å². The van der Waals surface area contributed by atoms with Gasteiger partial charge in [-0.3, -0.25) is 4.79 Å². The molecule has 0 unspecified atom stereocenters. The van der Waals surface area contributed by atoms with Gasteiger partial charge in [-0.15, -0.1) is 0 Å². The van der Waals surface area contributed by atoms with Crippen molar-refractivity contribution in [3.8, 4) is 0 Å². The molecule has 0 aromatic carbocycles. The molecule has 2 aliphatic heterocycles. The van der Waals surface area contributed by atoms with Crippen LogP contribution in [0, 0.1) is 13.8 Å². The number of aromatic amines is 3. The molecule has 4 aromatic rings. The highest BCUT2D eigenvalue weighted by Crippen LogP contribution is 2.40. The summed E-state index contributed by atoms with van der Waals surface area (Å²) >= 11 is 0. The molecule has 13 nitrogen and oxygen atoms in total. The van der Waals surface area contributed by atoms with Crippen molar-refractivity contribution in [2.45, 2.75) is 107 Å². The van der Waals surface area contributed by atoms with Gasteiger partial charge in [0.25, 0.3) is 0 Å². The zero-order chi connectivity index (χ0) is 45.2. The molecule has 0 radical (unpaired) electrons. The average Bonchev–Trinajstić information content (AvgIpc) is 4.03. The number of nitrogens with one attached hydrogen (secondary N) is 5. The molecule has 0 fully saturated rings. The fourth-order valence-electron chi connectivity index (χ4n) is 9.45. The summed E-state index contributed by atoms with van der Waals surface area (Å²) in [6.45, 7) is 24.3. The molecule has 16 N–H and O–H groups in total. The van der Waals surface area contributed by atoms with Crippen LogP contribution in [0.5, 0.6) is 0 Å². The fraction of sp³-hybridized carbons (Fsp3) is 0.480. The molecule has 0 saturated carbocycles. The number of quaternary nitrogens is 4. The van der Waals surface area contributed by atoms with Gasteiger partial charge in [0, 0.05) is 39.5 Å². The Morgan fingerprint density at radius 1 is 0.635 bits per heavy atom. The van der Waals surface area contributed by atoms with E-state index in [0.717, 1.165) is 149 Å². The third kappa shape index (κ3) is 10.6. The summed E-state index contributed by atoms with van der Waals surface area (Å²) in [4.78, 5) is 38.7. The van der Waals surface area contributed by atoms with Gasteiger partial charge in [-0.1, -0.05) is 27.7 Å². The van der Waals surface area contributed by atoms with E-state index >= 15 is 0 Å². The van der Waals surface area contributed by atoms with E-state index in [-0.39, 0.29) is 5.91 Å². The number of aromatic nitrogens is 5. The number of H-pyrrole nitrogens is 3. The predicted molar refractivity (Wildman–Crippen MR) is 257 cm³/mol. The van der Waals surface area contributed by atoms with Crippen LogP contribution >= 0.6 is 0 Å². The quantitative estimate of drug-likeness (QED) is 0.0367. The van der Waals surface area contributed by atoms with Crippen molar-refractivity contribution in [2.75, 3.05) is 52.4 Å². The maximum absolute atomic E-state index is 13.2. The van der Waals surface area contributed by atoms with Gasteiger partial charge in [0.2, 0.25) is 5.91 Å². The van der Waals surface area contributed by atoms with Gasteiger partial charge >= 0.3 is 5.90 Å². The lowest BCUT2D eigenvalue weighted by Crippen LogP contribution is -2.93. The number of carbonyl (C=O) groups is 1. The average molecular weight is 863 g/mol. The number of hydrogen-bond donors (Lipinski definition) is 10. The van der Waals surface area contributed by atoms with Crippen molar-refractivity contribution in [1.29, 1.82) is 0 Å². The second-order valence-electron chi connectivity index (χ2n) is 17.1. The zero-order valence-corrected chi connectivity index (χ0v) is 39.4. The van der Waals surface area contributed by atoms with Crippen molar-refractivity contribution < 1.29 is 37.0 Å². The van der Waals surface area contributed by atoms with E-state index in [0.29, 0.717) is 44.7 Å². The van der Waals surface area contributed by atoms with Crippen molar-refractivity contribution in [3.05, 3.63) is 80.4 Å². The third-order valence-electron chi connectivity index (χ3n) is 13.0. The smallest absolute Gasteiger partial charge is 0.332 e. The normalized spacial score (nSPS) is 13.2. The van der Waals surface area contributed by atoms with E-state index in [2.05, 4.69) is 127 Å². The van der Waals surface area contributed by atoms with Crippen molar-refractivity contribution in [2.24, 2.45) is 0 Å². The van der Waals surface area contributed by atoms with Crippen LogP contribution in [0.25, 0.3) is 55.4 Å². The van der Waals surface area contributed by atoms with Crippen LogP contribution in [0.4, 0.5) is 0 Å². The monoisotopic (exact) mass is 863 g/mol. The molecule has 2 aliphatic rings. The number of hydrogen-bond acceptors (Lipinski definition) is 3. The molecule has 0 aliphatic carbocycles. The Labute approximate surface area is 372 Å². The molecule has 0 saturated heterocycles. The molecule has 0 atom stereocenters. The summed E-state index contributed by atoms with van der Waals surface area (Å²) < 4.78 is 0. The van der Waals surface area contributed by atoms with E-state index in [1.54, 1.807) is 0 Å². The summed E-state index contributed by atoms with van der Waals surface area (Å²) in [5.41, 5.74) is 29.7. The lowest BCUT2D eigenvalue weighted by atomic mass is 9.99. The number of nitrogens with zero attached hydrogens (tertiary/aromatic N) is 2. The first kappa shape index (κ1) is 47.1. The summed E-state index contributed by atoms with van der Waals surface area (Å²) in [5, 5.41) is 18.5. The first-order chi connectivity index (χ1) is 30.5. The number of aryl methyl sites for hydroxylation is 6. The summed E-state index contributed by atoms with van der Waals surface area (Å²) in [6, 6.07) is 8.93. The third-order valence-corrected chi connectivity index (χ3v) is 13.0. The van der Waals surface area contributed by atoms with Crippen LogP contribution < -0.4 is 32.4 Å². The Balaban J connectivity index is 1.62. The van der Waals surface area contributed by atoms with Gasteiger partial charge in [-0.05, 0) is 146 Å². The number of carbonyl (C=O) groups excluding carboxylic acids is 1. The van der Waals surface area contributed by atoms with Crippen LogP contribution in [0.3, 0.4) is 0 Å². The molecule has 10 bridgehead atoms. The van der Waals surface area contributed by atoms with Crippen LogP contribution in [0.2, 0.25) is 0 Å². The van der Waals surface area contributed by atoms with Gasteiger partial charge in [0.15, 0.2) is 6.54 Å². The Morgan fingerprint density at radius 2 is 1.10 bits per heavy atom. The van der Waals surface area contributed by atoms with Gasteiger partial charge in [0.1, 0.15) is 32.7 Å². The number of amides is 1.